The number of nitrogens with one attached hydrogen (secondary N) is 1. The molecule has 0 aromatic heterocycles. The fraction of sp³-hybridized carbons (Fsp3) is 0.200. The average Bonchev–Trinajstić information content (AvgIpc) is 3.13. The van der Waals surface area contributed by atoms with E-state index < -0.39 is 0 Å². The highest BCUT2D eigenvalue weighted by Gasteiger charge is 2.32. The molecule has 0 unspecified atom stereocenters. The molecule has 0 bridgehead atoms. The zero-order chi connectivity index (χ0) is 20.1. The van der Waals surface area contributed by atoms with Gasteiger partial charge in [0.2, 0.25) is 11.8 Å². The Morgan fingerprint density at radius 1 is 0.862 bits per heavy atom. The van der Waals surface area contributed by atoms with Crippen molar-refractivity contribution < 1.29 is 9.59 Å². The highest BCUT2D eigenvalue weighted by atomic mass is 16.2. The van der Waals surface area contributed by atoms with Crippen LogP contribution in [0.25, 0.3) is 0 Å². The van der Waals surface area contributed by atoms with Gasteiger partial charge in [-0.25, -0.2) is 0 Å². The molecular formula is C25H24N2O2. The lowest BCUT2D eigenvalue weighted by Crippen LogP contribution is -2.37. The maximum Gasteiger partial charge on any atom is 0.229 e. The maximum absolute atomic E-state index is 12.9. The Labute approximate surface area is 171 Å². The molecule has 3 aromatic rings. The van der Waals surface area contributed by atoms with Gasteiger partial charge in [-0.15, -0.1) is 0 Å². The van der Waals surface area contributed by atoms with E-state index in [1.165, 1.54) is 0 Å². The van der Waals surface area contributed by atoms with Crippen LogP contribution in [0, 0.1) is 0 Å². The summed E-state index contributed by atoms with van der Waals surface area (Å²) in [6.45, 7) is 0.510. The smallest absolute Gasteiger partial charge is 0.229 e. The molecule has 4 heteroatoms. The topological polar surface area (TPSA) is 49.4 Å². The quantitative estimate of drug-likeness (QED) is 0.695. The maximum atomic E-state index is 12.9. The van der Waals surface area contributed by atoms with Crippen molar-refractivity contribution in [3.63, 3.8) is 0 Å². The minimum Gasteiger partial charge on any atom is -0.351 e. The number of amides is 2. The van der Waals surface area contributed by atoms with Gasteiger partial charge < -0.3 is 10.2 Å². The van der Waals surface area contributed by atoms with E-state index in [2.05, 4.69) is 29.6 Å². The van der Waals surface area contributed by atoms with Crippen molar-refractivity contribution in [2.45, 2.75) is 24.8 Å². The number of hydrogen-bond acceptors (Lipinski definition) is 2. The Kier molecular flexibility index (Phi) is 5.71. The van der Waals surface area contributed by atoms with Crippen molar-refractivity contribution >= 4 is 17.5 Å². The minimum absolute atomic E-state index is 0.0141. The Morgan fingerprint density at radius 3 is 1.93 bits per heavy atom. The van der Waals surface area contributed by atoms with Crippen molar-refractivity contribution in [3.05, 3.63) is 102 Å². The number of anilines is 1. The molecule has 4 rings (SSSR count). The van der Waals surface area contributed by atoms with Gasteiger partial charge in [0, 0.05) is 31.0 Å². The summed E-state index contributed by atoms with van der Waals surface area (Å²) in [5.41, 5.74) is 3.10. The normalized spacial score (nSPS) is 16.2. The van der Waals surface area contributed by atoms with Crippen molar-refractivity contribution in [1.82, 2.24) is 5.32 Å². The zero-order valence-corrected chi connectivity index (χ0v) is 16.2. The SMILES string of the molecule is O=C(CC(c1ccccc1)c1ccccc1)N[C@@H]1CC(=O)N(c2ccccc2)C1. The van der Waals surface area contributed by atoms with Gasteiger partial charge in [0.25, 0.3) is 0 Å². The van der Waals surface area contributed by atoms with Crippen molar-refractivity contribution in [2.75, 3.05) is 11.4 Å². The first kappa shape index (κ1) is 18.9. The van der Waals surface area contributed by atoms with Gasteiger partial charge in [0.1, 0.15) is 0 Å². The van der Waals surface area contributed by atoms with E-state index in [9.17, 15) is 9.59 Å². The van der Waals surface area contributed by atoms with Crippen LogP contribution in [-0.4, -0.2) is 24.4 Å². The molecule has 0 spiro atoms. The van der Waals surface area contributed by atoms with Crippen LogP contribution in [-0.2, 0) is 9.59 Å². The molecule has 1 fully saturated rings. The van der Waals surface area contributed by atoms with Gasteiger partial charge in [-0.1, -0.05) is 78.9 Å². The number of nitrogens with zero attached hydrogens (tertiary/aromatic N) is 1. The number of benzene rings is 3. The first-order valence-electron chi connectivity index (χ1n) is 9.95. The standard InChI is InChI=1S/C25H24N2O2/c28-24(26-21-16-25(29)27(18-21)22-14-8-3-9-15-22)17-23(19-10-4-1-5-11-19)20-12-6-2-7-13-20/h1-15,21,23H,16-18H2,(H,26,28)/t21-/m1/s1. The summed E-state index contributed by atoms with van der Waals surface area (Å²) in [5.74, 6) is -0.000632. The van der Waals surface area contributed by atoms with Crippen molar-refractivity contribution in [3.8, 4) is 0 Å². The van der Waals surface area contributed by atoms with Crippen LogP contribution in [0.1, 0.15) is 29.9 Å². The summed E-state index contributed by atoms with van der Waals surface area (Å²) in [7, 11) is 0. The fourth-order valence-corrected chi connectivity index (χ4v) is 3.93. The molecule has 0 aliphatic carbocycles. The lowest BCUT2D eigenvalue weighted by molar-refractivity contribution is -0.122. The largest absolute Gasteiger partial charge is 0.351 e. The van der Waals surface area contributed by atoms with Crippen molar-refractivity contribution in [1.29, 1.82) is 0 Å². The van der Waals surface area contributed by atoms with Gasteiger partial charge in [-0.3, -0.25) is 9.59 Å². The van der Waals surface area contributed by atoms with Crippen molar-refractivity contribution in [2.24, 2.45) is 0 Å². The lowest BCUT2D eigenvalue weighted by Gasteiger charge is -2.20. The van der Waals surface area contributed by atoms with E-state index in [1.807, 2.05) is 66.7 Å². The summed E-state index contributed by atoms with van der Waals surface area (Å²) in [5, 5.41) is 3.08. The first-order chi connectivity index (χ1) is 14.2. The van der Waals surface area contributed by atoms with E-state index in [0.717, 1.165) is 16.8 Å². The molecular weight excluding hydrogens is 360 g/mol. The van der Waals surface area contributed by atoms with Crippen LogP contribution in [0.4, 0.5) is 5.69 Å². The molecule has 1 N–H and O–H groups in total. The van der Waals surface area contributed by atoms with Gasteiger partial charge in [0.15, 0.2) is 0 Å². The fourth-order valence-electron chi connectivity index (χ4n) is 3.93. The number of hydrogen-bond donors (Lipinski definition) is 1. The van der Waals surface area contributed by atoms with Gasteiger partial charge in [-0.2, -0.15) is 0 Å². The Morgan fingerprint density at radius 2 is 1.38 bits per heavy atom. The van der Waals surface area contributed by atoms with Gasteiger partial charge >= 0.3 is 0 Å². The number of para-hydroxylation sites is 1. The summed E-state index contributed by atoms with van der Waals surface area (Å²) in [6.07, 6.45) is 0.687. The number of carbonyl (C=O) groups is 2. The van der Waals surface area contributed by atoms with Gasteiger partial charge in [-0.05, 0) is 23.3 Å². The third kappa shape index (κ3) is 4.54. The molecule has 1 aliphatic heterocycles. The number of carbonyl (C=O) groups excluding carboxylic acids is 2. The summed E-state index contributed by atoms with van der Waals surface area (Å²) in [6, 6.07) is 29.6. The van der Waals surface area contributed by atoms with E-state index >= 15 is 0 Å². The molecule has 0 radical (unpaired) electrons. The molecule has 1 saturated heterocycles. The summed E-state index contributed by atoms with van der Waals surface area (Å²) >= 11 is 0. The molecule has 1 aliphatic rings. The molecule has 2 amide bonds. The number of rotatable bonds is 6. The Balaban J connectivity index is 1.44. The Bertz CT molecular complexity index is 918. The zero-order valence-electron chi connectivity index (χ0n) is 16.2. The lowest BCUT2D eigenvalue weighted by atomic mass is 9.88. The predicted molar refractivity (Wildman–Crippen MR) is 115 cm³/mol. The molecule has 146 valence electrons. The van der Waals surface area contributed by atoms with Crippen LogP contribution in [0.2, 0.25) is 0 Å². The Hall–Kier alpha value is -3.40. The monoisotopic (exact) mass is 384 g/mol. The minimum atomic E-state index is -0.164. The second-order valence-corrected chi connectivity index (χ2v) is 7.39. The van der Waals surface area contributed by atoms with Crippen LogP contribution < -0.4 is 10.2 Å². The molecule has 29 heavy (non-hydrogen) atoms. The molecule has 4 nitrogen and oxygen atoms in total. The average molecular weight is 384 g/mol. The van der Waals surface area contributed by atoms with E-state index in [0.29, 0.717) is 19.4 Å². The second-order valence-electron chi connectivity index (χ2n) is 7.39. The van der Waals surface area contributed by atoms with Gasteiger partial charge in [0.05, 0.1) is 6.04 Å². The highest BCUT2D eigenvalue weighted by Crippen LogP contribution is 2.28. The summed E-state index contributed by atoms with van der Waals surface area (Å²) in [4.78, 5) is 27.0. The third-order valence-corrected chi connectivity index (χ3v) is 5.35. The van der Waals surface area contributed by atoms with Crippen LogP contribution in [0.15, 0.2) is 91.0 Å². The second kappa shape index (κ2) is 8.74. The van der Waals surface area contributed by atoms with Crippen LogP contribution in [0.5, 0.6) is 0 Å². The first-order valence-corrected chi connectivity index (χ1v) is 9.95. The predicted octanol–water partition coefficient (Wildman–Crippen LogP) is 4.13. The molecule has 1 heterocycles. The van der Waals surface area contributed by atoms with E-state index in [1.54, 1.807) is 4.90 Å². The van der Waals surface area contributed by atoms with E-state index in [4.69, 9.17) is 0 Å². The molecule has 3 aromatic carbocycles. The molecule has 1 atom stereocenters. The highest BCUT2D eigenvalue weighted by molar-refractivity contribution is 5.96. The molecule has 0 saturated carbocycles. The van der Waals surface area contributed by atoms with Crippen LogP contribution in [0.3, 0.4) is 0 Å². The third-order valence-electron chi connectivity index (χ3n) is 5.35. The summed E-state index contributed by atoms with van der Waals surface area (Å²) < 4.78 is 0. The van der Waals surface area contributed by atoms with E-state index in [-0.39, 0.29) is 23.8 Å². The van der Waals surface area contributed by atoms with Crippen LogP contribution >= 0.6 is 0 Å².